The molecule has 2 aliphatic heterocycles. The summed E-state index contributed by atoms with van der Waals surface area (Å²) in [5, 5.41) is 9.89. The molecule has 2 aromatic rings. The highest BCUT2D eigenvalue weighted by Crippen LogP contribution is 2.48. The fourth-order valence-electron chi connectivity index (χ4n) is 5.17. The third kappa shape index (κ3) is 4.42. The number of hydrogen-bond acceptors (Lipinski definition) is 4. The van der Waals surface area contributed by atoms with Crippen LogP contribution in [0.4, 0.5) is 5.69 Å². The summed E-state index contributed by atoms with van der Waals surface area (Å²) >= 11 is 6.15. The number of nitrogens with zero attached hydrogens (tertiary/aromatic N) is 2. The maximum atomic E-state index is 11.1. The number of rotatable bonds is 5. The number of ether oxygens (including phenoxy) is 1. The Morgan fingerprint density at radius 3 is 2.28 bits per heavy atom. The summed E-state index contributed by atoms with van der Waals surface area (Å²) in [5.74, 6) is -0.881. The van der Waals surface area contributed by atoms with Gasteiger partial charge in [0.25, 0.3) is 0 Å². The van der Waals surface area contributed by atoms with Gasteiger partial charge in [-0.1, -0.05) is 29.3 Å². The topological polar surface area (TPSA) is 53.0 Å². The number of piperazine rings is 1. The van der Waals surface area contributed by atoms with Gasteiger partial charge >= 0.3 is 5.97 Å². The van der Waals surface area contributed by atoms with E-state index in [1.807, 2.05) is 24.3 Å². The Bertz CT molecular complexity index is 1000. The van der Waals surface area contributed by atoms with Crippen LogP contribution in [-0.2, 0) is 4.74 Å². The van der Waals surface area contributed by atoms with Crippen molar-refractivity contribution in [1.29, 1.82) is 0 Å². The van der Waals surface area contributed by atoms with E-state index in [0.717, 1.165) is 69.5 Å². The molecule has 6 heteroatoms. The number of allylic oxidation sites excluding steroid dienone is 1. The summed E-state index contributed by atoms with van der Waals surface area (Å²) in [5.41, 5.74) is 6.11. The summed E-state index contributed by atoms with van der Waals surface area (Å²) in [6, 6.07) is 15.5. The average Bonchev–Trinajstić information content (AvgIpc) is 2.79. The van der Waals surface area contributed by atoms with Crippen LogP contribution < -0.4 is 4.90 Å². The van der Waals surface area contributed by atoms with Crippen LogP contribution in [0.2, 0.25) is 5.02 Å². The number of carbonyl (C=O) groups is 1. The van der Waals surface area contributed by atoms with Crippen LogP contribution >= 0.6 is 11.6 Å². The number of anilines is 1. The van der Waals surface area contributed by atoms with Crippen molar-refractivity contribution in [2.75, 3.05) is 50.8 Å². The van der Waals surface area contributed by atoms with E-state index >= 15 is 0 Å². The molecule has 32 heavy (non-hydrogen) atoms. The maximum absolute atomic E-state index is 11.1. The first-order valence-electron chi connectivity index (χ1n) is 11.4. The molecule has 0 saturated carbocycles. The van der Waals surface area contributed by atoms with Crippen LogP contribution in [0.25, 0.3) is 5.57 Å². The monoisotopic (exact) mass is 452 g/mol. The average molecular weight is 453 g/mol. The van der Waals surface area contributed by atoms with Gasteiger partial charge in [-0.15, -0.1) is 0 Å². The molecular weight excluding hydrogens is 424 g/mol. The predicted molar refractivity (Wildman–Crippen MR) is 128 cm³/mol. The molecule has 5 rings (SSSR count). The Hall–Kier alpha value is -2.34. The van der Waals surface area contributed by atoms with Gasteiger partial charge < -0.3 is 14.7 Å². The minimum Gasteiger partial charge on any atom is -0.478 e. The Labute approximate surface area is 194 Å². The maximum Gasteiger partial charge on any atom is 0.335 e. The van der Waals surface area contributed by atoms with Crippen LogP contribution in [0.3, 0.4) is 0 Å². The Kier molecular flexibility index (Phi) is 5.97. The van der Waals surface area contributed by atoms with Crippen LogP contribution in [0.1, 0.15) is 35.2 Å². The molecule has 0 aromatic heterocycles. The lowest BCUT2D eigenvalue weighted by Gasteiger charge is -2.46. The highest BCUT2D eigenvalue weighted by atomic mass is 35.5. The number of hydrogen-bond donors (Lipinski definition) is 1. The van der Waals surface area contributed by atoms with E-state index in [1.54, 1.807) is 17.7 Å². The molecule has 3 aliphatic rings. The zero-order valence-electron chi connectivity index (χ0n) is 18.2. The quantitative estimate of drug-likeness (QED) is 0.705. The lowest BCUT2D eigenvalue weighted by molar-refractivity contribution is -0.116. The van der Waals surface area contributed by atoms with Gasteiger partial charge in [-0.3, -0.25) is 4.90 Å². The second kappa shape index (κ2) is 8.89. The summed E-state index contributed by atoms with van der Waals surface area (Å²) in [4.78, 5) is 16.0. The van der Waals surface area contributed by atoms with Gasteiger partial charge in [0.1, 0.15) is 0 Å². The number of carboxylic acid groups (broad SMARTS) is 1. The van der Waals surface area contributed by atoms with Crippen LogP contribution in [-0.4, -0.2) is 61.9 Å². The Morgan fingerprint density at radius 2 is 1.69 bits per heavy atom. The molecule has 2 aromatic carbocycles. The van der Waals surface area contributed by atoms with Gasteiger partial charge in [0.15, 0.2) is 0 Å². The molecule has 0 radical (unpaired) electrons. The Morgan fingerprint density at radius 1 is 1.00 bits per heavy atom. The third-order valence-electron chi connectivity index (χ3n) is 7.21. The molecule has 2 heterocycles. The van der Waals surface area contributed by atoms with Gasteiger partial charge in [0.05, 0.1) is 18.8 Å². The molecule has 0 atom stereocenters. The fourth-order valence-corrected chi connectivity index (χ4v) is 5.30. The largest absolute Gasteiger partial charge is 0.478 e. The smallest absolute Gasteiger partial charge is 0.335 e. The highest BCUT2D eigenvalue weighted by molar-refractivity contribution is 6.30. The summed E-state index contributed by atoms with van der Waals surface area (Å²) in [6.45, 7) is 6.70. The molecule has 0 unspecified atom stereocenters. The molecule has 5 nitrogen and oxygen atoms in total. The Balaban J connectivity index is 1.27. The first-order chi connectivity index (χ1) is 15.5. The first-order valence-corrected chi connectivity index (χ1v) is 11.7. The van der Waals surface area contributed by atoms with Crippen molar-refractivity contribution in [2.45, 2.75) is 19.3 Å². The number of carboxylic acids is 1. The molecule has 2 fully saturated rings. The van der Waals surface area contributed by atoms with Crippen LogP contribution in [0, 0.1) is 5.41 Å². The molecule has 168 valence electrons. The number of benzene rings is 2. The highest BCUT2D eigenvalue weighted by Gasteiger charge is 2.42. The molecule has 1 spiro atoms. The van der Waals surface area contributed by atoms with E-state index in [0.29, 0.717) is 11.0 Å². The van der Waals surface area contributed by atoms with Crippen molar-refractivity contribution < 1.29 is 14.6 Å². The number of aromatic carboxylic acids is 1. The van der Waals surface area contributed by atoms with Crippen LogP contribution in [0.5, 0.6) is 0 Å². The fraction of sp³-hybridized carbons (Fsp3) is 0.423. The standard InChI is InChI=1S/C26H29ClN2O3/c27-22-5-1-19(2-6-22)24-15-26(17-32-18-26)10-9-21(24)16-28-11-13-29(14-12-28)23-7-3-20(4-8-23)25(30)31/h1-8H,9-18H2,(H,30,31). The predicted octanol–water partition coefficient (Wildman–Crippen LogP) is 4.81. The van der Waals surface area contributed by atoms with E-state index in [-0.39, 0.29) is 0 Å². The summed E-state index contributed by atoms with van der Waals surface area (Å²) < 4.78 is 5.59. The zero-order chi connectivity index (χ0) is 22.1. The minimum atomic E-state index is -0.881. The van der Waals surface area contributed by atoms with Crippen molar-refractivity contribution in [2.24, 2.45) is 5.41 Å². The van der Waals surface area contributed by atoms with E-state index in [1.165, 1.54) is 17.6 Å². The second-order valence-corrected chi connectivity index (χ2v) is 9.81. The molecule has 0 bridgehead atoms. The van der Waals surface area contributed by atoms with E-state index in [2.05, 4.69) is 21.9 Å². The SMILES string of the molecule is O=C(O)c1ccc(N2CCN(CC3=C(c4ccc(Cl)cc4)CC4(CC3)COC4)CC2)cc1. The van der Waals surface area contributed by atoms with E-state index < -0.39 is 5.97 Å². The van der Waals surface area contributed by atoms with Gasteiger partial charge in [-0.2, -0.15) is 0 Å². The minimum absolute atomic E-state index is 0.333. The van der Waals surface area contributed by atoms with Gasteiger partial charge in [0, 0.05) is 48.8 Å². The third-order valence-corrected chi connectivity index (χ3v) is 7.46. The van der Waals surface area contributed by atoms with E-state index in [9.17, 15) is 4.79 Å². The van der Waals surface area contributed by atoms with Gasteiger partial charge in [0.2, 0.25) is 0 Å². The van der Waals surface area contributed by atoms with Gasteiger partial charge in [-0.25, -0.2) is 4.79 Å². The molecule has 0 amide bonds. The van der Waals surface area contributed by atoms with Crippen molar-refractivity contribution >= 4 is 28.8 Å². The molecule has 1 aliphatic carbocycles. The first kappa shape index (κ1) is 21.5. The second-order valence-electron chi connectivity index (χ2n) is 9.37. The van der Waals surface area contributed by atoms with Crippen LogP contribution in [0.15, 0.2) is 54.1 Å². The summed E-state index contributed by atoms with van der Waals surface area (Å²) in [6.07, 6.45) is 3.45. The lowest BCUT2D eigenvalue weighted by Crippen LogP contribution is -2.48. The van der Waals surface area contributed by atoms with Gasteiger partial charge in [-0.05, 0) is 66.8 Å². The lowest BCUT2D eigenvalue weighted by atomic mass is 9.69. The molecular formula is C26H29ClN2O3. The van der Waals surface area contributed by atoms with Crippen molar-refractivity contribution in [1.82, 2.24) is 4.90 Å². The van der Waals surface area contributed by atoms with E-state index in [4.69, 9.17) is 21.4 Å². The normalized spacial score (nSPS) is 21.0. The van der Waals surface area contributed by atoms with Crippen molar-refractivity contribution in [3.8, 4) is 0 Å². The summed E-state index contributed by atoms with van der Waals surface area (Å²) in [7, 11) is 0. The molecule has 1 N–H and O–H groups in total. The van der Waals surface area contributed by atoms with Crippen molar-refractivity contribution in [3.63, 3.8) is 0 Å². The molecule has 2 saturated heterocycles. The number of halogens is 1. The van der Waals surface area contributed by atoms with Crippen molar-refractivity contribution in [3.05, 3.63) is 70.3 Å². The zero-order valence-corrected chi connectivity index (χ0v) is 19.0.